The molecule has 0 unspecified atom stereocenters. The molecule has 0 radical (unpaired) electrons. The van der Waals surface area contributed by atoms with Gasteiger partial charge in [0.05, 0.1) is 19.1 Å². The van der Waals surface area contributed by atoms with Gasteiger partial charge in [-0.15, -0.1) is 0 Å². The van der Waals surface area contributed by atoms with E-state index < -0.39 is 5.54 Å². The molecule has 174 valence electrons. The van der Waals surface area contributed by atoms with Crippen LogP contribution in [0.15, 0.2) is 48.5 Å². The van der Waals surface area contributed by atoms with Gasteiger partial charge in [0, 0.05) is 43.6 Å². The molecular formula is C26H31N3O4. The molecule has 2 heterocycles. The van der Waals surface area contributed by atoms with E-state index in [1.165, 1.54) is 6.92 Å². The Balaban J connectivity index is 1.64. The zero-order chi connectivity index (χ0) is 23.4. The zero-order valence-corrected chi connectivity index (χ0v) is 19.2. The highest BCUT2D eigenvalue weighted by molar-refractivity contribution is 5.88. The summed E-state index contributed by atoms with van der Waals surface area (Å²) < 4.78 is 5.42. The van der Waals surface area contributed by atoms with Crippen molar-refractivity contribution in [1.82, 2.24) is 10.2 Å². The number of anilines is 1. The zero-order valence-electron chi connectivity index (χ0n) is 19.2. The van der Waals surface area contributed by atoms with E-state index in [0.717, 1.165) is 30.4 Å². The molecule has 33 heavy (non-hydrogen) atoms. The molecule has 1 spiro atoms. The van der Waals surface area contributed by atoms with E-state index in [0.29, 0.717) is 30.9 Å². The molecule has 2 aromatic carbocycles. The Hall–Kier alpha value is -3.35. The van der Waals surface area contributed by atoms with Gasteiger partial charge in [0.2, 0.25) is 17.7 Å². The molecular weight excluding hydrogens is 418 g/mol. The third-order valence-corrected chi connectivity index (χ3v) is 6.70. The molecule has 0 aliphatic carbocycles. The van der Waals surface area contributed by atoms with E-state index in [2.05, 4.69) is 10.6 Å². The van der Waals surface area contributed by atoms with Crippen molar-refractivity contribution in [1.29, 1.82) is 0 Å². The number of hydrogen-bond acceptors (Lipinski definition) is 4. The summed E-state index contributed by atoms with van der Waals surface area (Å²) in [7, 11) is 1.60. The molecule has 7 heteroatoms. The quantitative estimate of drug-likeness (QED) is 0.734. The van der Waals surface area contributed by atoms with Crippen molar-refractivity contribution in [2.24, 2.45) is 0 Å². The highest BCUT2D eigenvalue weighted by atomic mass is 16.5. The second kappa shape index (κ2) is 9.65. The minimum atomic E-state index is -0.515. The lowest BCUT2D eigenvalue weighted by Crippen LogP contribution is -2.52. The summed E-state index contributed by atoms with van der Waals surface area (Å²) in [6, 6.07) is 15.3. The molecule has 2 saturated heterocycles. The molecule has 0 aromatic heterocycles. The number of nitrogens with zero attached hydrogens (tertiary/aromatic N) is 1. The molecule has 2 N–H and O–H groups in total. The molecule has 2 atom stereocenters. The molecule has 0 saturated carbocycles. The van der Waals surface area contributed by atoms with E-state index in [-0.39, 0.29) is 30.1 Å². The normalized spacial score (nSPS) is 22.5. The van der Waals surface area contributed by atoms with Crippen molar-refractivity contribution in [2.45, 2.75) is 50.5 Å². The smallest absolute Gasteiger partial charge is 0.227 e. The molecule has 0 bridgehead atoms. The average molecular weight is 450 g/mol. The van der Waals surface area contributed by atoms with Crippen LogP contribution < -0.4 is 15.4 Å². The third-order valence-electron chi connectivity index (χ3n) is 6.70. The SMILES string of the molecule is COc1ccccc1CC(=O)N1C[C@@H](c2cccc(NC(C)=O)c2)[C@@]2(CCCCC(=O)N2)C1. The van der Waals surface area contributed by atoms with Crippen LogP contribution in [0.5, 0.6) is 5.75 Å². The highest BCUT2D eigenvalue weighted by Crippen LogP contribution is 2.41. The van der Waals surface area contributed by atoms with Crippen LogP contribution in [0, 0.1) is 0 Å². The lowest BCUT2D eigenvalue weighted by Gasteiger charge is -2.35. The lowest BCUT2D eigenvalue weighted by molar-refractivity contribution is -0.130. The molecule has 2 fully saturated rings. The van der Waals surface area contributed by atoms with Crippen LogP contribution in [-0.4, -0.2) is 48.4 Å². The van der Waals surface area contributed by atoms with Crippen molar-refractivity contribution in [3.8, 4) is 5.75 Å². The fourth-order valence-electron chi connectivity index (χ4n) is 5.19. The van der Waals surface area contributed by atoms with E-state index in [1.54, 1.807) is 7.11 Å². The lowest BCUT2D eigenvalue weighted by atomic mass is 9.79. The Morgan fingerprint density at radius 1 is 1.18 bits per heavy atom. The number of methoxy groups -OCH3 is 1. The Morgan fingerprint density at radius 3 is 2.79 bits per heavy atom. The van der Waals surface area contributed by atoms with Gasteiger partial charge in [0.25, 0.3) is 0 Å². The first-order valence-electron chi connectivity index (χ1n) is 11.5. The summed E-state index contributed by atoms with van der Waals surface area (Å²) in [4.78, 5) is 39.4. The van der Waals surface area contributed by atoms with Crippen LogP contribution in [0.4, 0.5) is 5.69 Å². The summed E-state index contributed by atoms with van der Waals surface area (Å²) in [5, 5.41) is 6.13. The maximum absolute atomic E-state index is 13.4. The van der Waals surface area contributed by atoms with E-state index in [1.807, 2.05) is 53.4 Å². The van der Waals surface area contributed by atoms with E-state index >= 15 is 0 Å². The second-order valence-electron chi connectivity index (χ2n) is 9.03. The van der Waals surface area contributed by atoms with Crippen LogP contribution in [0.3, 0.4) is 0 Å². The Morgan fingerprint density at radius 2 is 2.00 bits per heavy atom. The topological polar surface area (TPSA) is 87.7 Å². The summed E-state index contributed by atoms with van der Waals surface area (Å²) in [5.74, 6) is 0.550. The van der Waals surface area contributed by atoms with Crippen molar-refractivity contribution in [3.63, 3.8) is 0 Å². The van der Waals surface area contributed by atoms with Gasteiger partial charge in [-0.1, -0.05) is 36.8 Å². The Bertz CT molecular complexity index is 1050. The van der Waals surface area contributed by atoms with Crippen molar-refractivity contribution < 1.29 is 19.1 Å². The number of carbonyl (C=O) groups excluding carboxylic acids is 3. The van der Waals surface area contributed by atoms with Crippen LogP contribution >= 0.6 is 0 Å². The Kier molecular flexibility index (Phi) is 6.67. The van der Waals surface area contributed by atoms with Gasteiger partial charge < -0.3 is 20.3 Å². The van der Waals surface area contributed by atoms with Gasteiger partial charge >= 0.3 is 0 Å². The minimum Gasteiger partial charge on any atom is -0.496 e. The van der Waals surface area contributed by atoms with Crippen LogP contribution in [0.25, 0.3) is 0 Å². The first-order chi connectivity index (χ1) is 15.9. The van der Waals surface area contributed by atoms with Crippen molar-refractivity contribution in [2.75, 3.05) is 25.5 Å². The van der Waals surface area contributed by atoms with Gasteiger partial charge in [0.15, 0.2) is 0 Å². The summed E-state index contributed by atoms with van der Waals surface area (Å²) >= 11 is 0. The first kappa shape index (κ1) is 22.8. The van der Waals surface area contributed by atoms with Crippen LogP contribution in [0.1, 0.15) is 49.7 Å². The number of benzene rings is 2. The number of para-hydroxylation sites is 1. The molecule has 2 aliphatic heterocycles. The number of rotatable bonds is 5. The van der Waals surface area contributed by atoms with Gasteiger partial charge in [-0.2, -0.15) is 0 Å². The average Bonchev–Trinajstić information content (AvgIpc) is 3.05. The largest absolute Gasteiger partial charge is 0.496 e. The predicted octanol–water partition coefficient (Wildman–Crippen LogP) is 3.25. The van der Waals surface area contributed by atoms with Crippen molar-refractivity contribution >= 4 is 23.4 Å². The standard InChI is InChI=1S/C26H31N3O4/c1-18(30)27-21-10-7-9-19(14-21)22-16-29(17-26(22)13-6-5-12-24(31)28-26)25(32)15-20-8-3-4-11-23(20)33-2/h3-4,7-11,14,22H,5-6,12-13,15-17H2,1-2H3,(H,27,30)(H,28,31)/t22-,26+/m0/s1. The first-order valence-corrected chi connectivity index (χ1v) is 11.5. The molecule has 2 aromatic rings. The molecule has 4 rings (SSSR count). The number of hydrogen-bond donors (Lipinski definition) is 2. The third kappa shape index (κ3) is 5.02. The number of likely N-dealkylation sites (tertiary alicyclic amines) is 1. The molecule has 2 aliphatic rings. The Labute approximate surface area is 194 Å². The number of ether oxygens (including phenoxy) is 1. The van der Waals surface area contributed by atoms with Gasteiger partial charge in [-0.25, -0.2) is 0 Å². The van der Waals surface area contributed by atoms with Gasteiger partial charge in [0.1, 0.15) is 5.75 Å². The van der Waals surface area contributed by atoms with Crippen LogP contribution in [0.2, 0.25) is 0 Å². The number of nitrogens with one attached hydrogen (secondary N) is 2. The summed E-state index contributed by atoms with van der Waals surface area (Å²) in [6.45, 7) is 2.47. The highest BCUT2D eigenvalue weighted by Gasteiger charge is 2.49. The maximum Gasteiger partial charge on any atom is 0.227 e. The predicted molar refractivity (Wildman–Crippen MR) is 126 cm³/mol. The van der Waals surface area contributed by atoms with E-state index in [9.17, 15) is 14.4 Å². The molecule has 3 amide bonds. The monoisotopic (exact) mass is 449 g/mol. The fourth-order valence-corrected chi connectivity index (χ4v) is 5.19. The second-order valence-corrected chi connectivity index (χ2v) is 9.03. The van der Waals surface area contributed by atoms with Gasteiger partial charge in [-0.05, 0) is 36.6 Å². The number of carbonyl (C=O) groups is 3. The summed E-state index contributed by atoms with van der Waals surface area (Å²) in [5.41, 5.74) is 2.06. The van der Waals surface area contributed by atoms with Gasteiger partial charge in [-0.3, -0.25) is 14.4 Å². The van der Waals surface area contributed by atoms with Crippen molar-refractivity contribution in [3.05, 3.63) is 59.7 Å². The van der Waals surface area contributed by atoms with Crippen LogP contribution in [-0.2, 0) is 20.8 Å². The maximum atomic E-state index is 13.4. The molecule has 7 nitrogen and oxygen atoms in total. The number of amides is 3. The van der Waals surface area contributed by atoms with E-state index in [4.69, 9.17) is 4.74 Å². The fraction of sp³-hybridized carbons (Fsp3) is 0.423. The summed E-state index contributed by atoms with van der Waals surface area (Å²) in [6.07, 6.45) is 3.34. The minimum absolute atomic E-state index is 0.0119.